The summed E-state index contributed by atoms with van der Waals surface area (Å²) in [7, 11) is -3.24. The minimum Gasteiger partial charge on any atom is -0.369 e. The average Bonchev–Trinajstić information content (AvgIpc) is 2.54. The number of aryl methyl sites for hydroxylation is 1. The van der Waals surface area contributed by atoms with E-state index in [2.05, 4.69) is 15.3 Å². The van der Waals surface area contributed by atoms with Crippen molar-refractivity contribution in [3.05, 3.63) is 47.9 Å². The van der Waals surface area contributed by atoms with Crippen LogP contribution in [0.3, 0.4) is 0 Å². The van der Waals surface area contributed by atoms with E-state index in [4.69, 9.17) is 4.74 Å². The molecule has 1 aromatic heterocycles. The van der Waals surface area contributed by atoms with Crippen LogP contribution in [0.5, 0.6) is 0 Å². The van der Waals surface area contributed by atoms with E-state index in [9.17, 15) is 8.42 Å². The Morgan fingerprint density at radius 2 is 2.00 bits per heavy atom. The lowest BCUT2D eigenvalue weighted by molar-refractivity contribution is -0.00484. The summed E-state index contributed by atoms with van der Waals surface area (Å²) < 4.78 is 30.7. The number of nitrogens with zero attached hydrogens (tertiary/aromatic N) is 3. The summed E-state index contributed by atoms with van der Waals surface area (Å²) in [4.78, 5) is 8.80. The highest BCUT2D eigenvalue weighted by molar-refractivity contribution is 7.88. The van der Waals surface area contributed by atoms with Gasteiger partial charge >= 0.3 is 0 Å². The predicted molar refractivity (Wildman–Crippen MR) is 91.6 cm³/mol. The molecular weight excluding hydrogens is 328 g/mol. The molecule has 2 aromatic rings. The normalized spacial score (nSPS) is 19.2. The smallest absolute Gasteiger partial charge is 0.211 e. The monoisotopic (exact) mass is 348 g/mol. The van der Waals surface area contributed by atoms with Gasteiger partial charge in [0.05, 0.1) is 18.6 Å². The average molecular weight is 348 g/mol. The molecule has 1 aliphatic rings. The molecule has 1 saturated heterocycles. The number of aromatic nitrogens is 2. The van der Waals surface area contributed by atoms with Crippen molar-refractivity contribution in [3.63, 3.8) is 0 Å². The van der Waals surface area contributed by atoms with Crippen LogP contribution in [0.2, 0.25) is 0 Å². The summed E-state index contributed by atoms with van der Waals surface area (Å²) in [6.45, 7) is 2.79. The van der Waals surface area contributed by atoms with Crippen LogP contribution in [0.1, 0.15) is 17.6 Å². The van der Waals surface area contributed by atoms with E-state index >= 15 is 0 Å². The number of nitrogens with one attached hydrogen (secondary N) is 1. The number of morpholine rings is 1. The summed E-state index contributed by atoms with van der Waals surface area (Å²) in [6, 6.07) is 11.5. The molecule has 1 fully saturated rings. The van der Waals surface area contributed by atoms with Crippen molar-refractivity contribution in [2.45, 2.75) is 13.0 Å². The summed E-state index contributed by atoms with van der Waals surface area (Å²) in [5.41, 5.74) is 1.60. The number of anilines is 2. The van der Waals surface area contributed by atoms with Gasteiger partial charge in [0.2, 0.25) is 10.0 Å². The van der Waals surface area contributed by atoms with Gasteiger partial charge in [0, 0.05) is 24.8 Å². The maximum atomic E-state index is 11.8. The van der Waals surface area contributed by atoms with Gasteiger partial charge in [-0.1, -0.05) is 18.2 Å². The Morgan fingerprint density at radius 3 is 2.71 bits per heavy atom. The number of benzene rings is 1. The minimum atomic E-state index is -3.24. The highest BCUT2D eigenvalue weighted by Crippen LogP contribution is 2.25. The van der Waals surface area contributed by atoms with Crippen LogP contribution in [-0.4, -0.2) is 48.6 Å². The number of sulfonamides is 1. The Labute approximate surface area is 141 Å². The Morgan fingerprint density at radius 1 is 1.25 bits per heavy atom. The molecule has 1 unspecified atom stereocenters. The summed E-state index contributed by atoms with van der Waals surface area (Å²) in [5, 5.41) is 3.23. The Hall–Kier alpha value is -2.03. The van der Waals surface area contributed by atoms with Crippen LogP contribution in [0.25, 0.3) is 0 Å². The standard InChI is InChI=1S/C16H20N4O3S/c1-12-17-14(15-11-20(8-9-23-15)24(2,21)22)10-16(18-12)19-13-6-4-3-5-7-13/h3-7,10,15H,8-9,11H2,1-2H3,(H,17,18,19). The molecule has 0 saturated carbocycles. The van der Waals surface area contributed by atoms with Crippen molar-refractivity contribution >= 4 is 21.5 Å². The van der Waals surface area contributed by atoms with Crippen molar-refractivity contribution < 1.29 is 13.2 Å². The maximum absolute atomic E-state index is 11.8. The molecule has 2 heterocycles. The zero-order valence-corrected chi connectivity index (χ0v) is 14.5. The molecule has 1 aromatic carbocycles. The third-order valence-corrected chi connectivity index (χ3v) is 5.00. The minimum absolute atomic E-state index is 0.264. The summed E-state index contributed by atoms with van der Waals surface area (Å²) >= 11 is 0. The molecule has 7 nitrogen and oxygen atoms in total. The predicted octanol–water partition coefficient (Wildman–Crippen LogP) is 1.86. The van der Waals surface area contributed by atoms with Crippen LogP contribution >= 0.6 is 0 Å². The van der Waals surface area contributed by atoms with Gasteiger partial charge in [-0.3, -0.25) is 0 Å². The number of hydrogen-bond donors (Lipinski definition) is 1. The molecule has 1 atom stereocenters. The largest absolute Gasteiger partial charge is 0.369 e. The molecule has 3 rings (SSSR count). The lowest BCUT2D eigenvalue weighted by atomic mass is 10.2. The van der Waals surface area contributed by atoms with Gasteiger partial charge in [-0.15, -0.1) is 0 Å². The molecule has 8 heteroatoms. The molecule has 0 aliphatic carbocycles. The number of hydrogen-bond acceptors (Lipinski definition) is 6. The molecule has 0 radical (unpaired) electrons. The number of ether oxygens (including phenoxy) is 1. The SMILES string of the molecule is Cc1nc(Nc2ccccc2)cc(C2CN(S(C)(=O)=O)CCO2)n1. The maximum Gasteiger partial charge on any atom is 0.211 e. The molecular formula is C16H20N4O3S. The fourth-order valence-corrected chi connectivity index (χ4v) is 3.41. The van der Waals surface area contributed by atoms with Crippen molar-refractivity contribution in [1.82, 2.24) is 14.3 Å². The van der Waals surface area contributed by atoms with E-state index in [0.29, 0.717) is 30.5 Å². The fourth-order valence-electron chi connectivity index (χ4n) is 2.59. The summed E-state index contributed by atoms with van der Waals surface area (Å²) in [5.74, 6) is 1.26. The zero-order chi connectivity index (χ0) is 17.2. The molecule has 24 heavy (non-hydrogen) atoms. The van der Waals surface area contributed by atoms with Gasteiger partial charge in [0.25, 0.3) is 0 Å². The Bertz CT molecular complexity index is 811. The Balaban J connectivity index is 1.83. The highest BCUT2D eigenvalue weighted by Gasteiger charge is 2.28. The van der Waals surface area contributed by atoms with Gasteiger partial charge in [-0.25, -0.2) is 18.4 Å². The van der Waals surface area contributed by atoms with Crippen LogP contribution in [0, 0.1) is 6.92 Å². The molecule has 128 valence electrons. The van der Waals surface area contributed by atoms with Crippen LogP contribution in [0.15, 0.2) is 36.4 Å². The Kier molecular flexibility index (Phi) is 4.79. The lowest BCUT2D eigenvalue weighted by Gasteiger charge is -2.31. The van der Waals surface area contributed by atoms with E-state index in [1.54, 1.807) is 13.0 Å². The van der Waals surface area contributed by atoms with Crippen LogP contribution in [-0.2, 0) is 14.8 Å². The first-order chi connectivity index (χ1) is 11.4. The third kappa shape index (κ3) is 4.08. The highest BCUT2D eigenvalue weighted by atomic mass is 32.2. The van der Waals surface area contributed by atoms with Crippen molar-refractivity contribution in [1.29, 1.82) is 0 Å². The van der Waals surface area contributed by atoms with E-state index in [0.717, 1.165) is 5.69 Å². The first-order valence-corrected chi connectivity index (χ1v) is 9.51. The number of rotatable bonds is 4. The van der Waals surface area contributed by atoms with Crippen LogP contribution in [0.4, 0.5) is 11.5 Å². The second kappa shape index (κ2) is 6.84. The molecule has 0 bridgehead atoms. The van der Waals surface area contributed by atoms with E-state index in [1.807, 2.05) is 30.3 Å². The second-order valence-corrected chi connectivity index (χ2v) is 7.68. The first-order valence-electron chi connectivity index (χ1n) is 7.66. The zero-order valence-electron chi connectivity index (χ0n) is 13.6. The third-order valence-electron chi connectivity index (χ3n) is 3.73. The lowest BCUT2D eigenvalue weighted by Crippen LogP contribution is -2.41. The van der Waals surface area contributed by atoms with Crippen molar-refractivity contribution in [3.8, 4) is 0 Å². The van der Waals surface area contributed by atoms with E-state index in [1.165, 1.54) is 10.6 Å². The van der Waals surface area contributed by atoms with Gasteiger partial charge in [-0.2, -0.15) is 4.31 Å². The van der Waals surface area contributed by atoms with E-state index in [-0.39, 0.29) is 6.54 Å². The molecule has 1 N–H and O–H groups in total. The fraction of sp³-hybridized carbons (Fsp3) is 0.375. The molecule has 1 aliphatic heterocycles. The van der Waals surface area contributed by atoms with Crippen molar-refractivity contribution in [2.75, 3.05) is 31.3 Å². The quantitative estimate of drug-likeness (QED) is 0.908. The topological polar surface area (TPSA) is 84.4 Å². The molecule has 0 amide bonds. The van der Waals surface area contributed by atoms with Crippen molar-refractivity contribution in [2.24, 2.45) is 0 Å². The van der Waals surface area contributed by atoms with Gasteiger partial charge in [0.15, 0.2) is 0 Å². The summed E-state index contributed by atoms with van der Waals surface area (Å²) in [6.07, 6.45) is 0.815. The molecule has 0 spiro atoms. The van der Waals surface area contributed by atoms with E-state index < -0.39 is 16.1 Å². The number of para-hydroxylation sites is 1. The van der Waals surface area contributed by atoms with Gasteiger partial charge in [0.1, 0.15) is 17.7 Å². The first kappa shape index (κ1) is 16.8. The van der Waals surface area contributed by atoms with Crippen LogP contribution < -0.4 is 5.32 Å². The van der Waals surface area contributed by atoms with Gasteiger partial charge in [-0.05, 0) is 19.1 Å². The second-order valence-electron chi connectivity index (χ2n) is 5.70. The van der Waals surface area contributed by atoms with Gasteiger partial charge < -0.3 is 10.1 Å².